The molecule has 2 atom stereocenters. The number of sulfonamides is 1. The summed E-state index contributed by atoms with van der Waals surface area (Å²) in [6.07, 6.45) is 4.24. The molecule has 0 amide bonds. The molecule has 168 valence electrons. The van der Waals surface area contributed by atoms with Gasteiger partial charge in [0.15, 0.2) is 5.96 Å². The predicted octanol–water partition coefficient (Wildman–Crippen LogP) is -0.296. The Bertz CT molecular complexity index is 618. The first-order chi connectivity index (χ1) is 14.1. The van der Waals surface area contributed by atoms with E-state index in [9.17, 15) is 8.42 Å². The quantitative estimate of drug-likeness (QED) is 0.403. The molecule has 3 saturated heterocycles. The van der Waals surface area contributed by atoms with E-state index in [-0.39, 0.29) is 11.9 Å². The van der Waals surface area contributed by atoms with Gasteiger partial charge >= 0.3 is 0 Å². The highest BCUT2D eigenvalue weighted by Crippen LogP contribution is 2.18. The van der Waals surface area contributed by atoms with Gasteiger partial charge in [-0.3, -0.25) is 9.89 Å². The molecule has 0 aliphatic carbocycles. The number of rotatable bonds is 8. The van der Waals surface area contributed by atoms with Crippen LogP contribution >= 0.6 is 0 Å². The van der Waals surface area contributed by atoms with Gasteiger partial charge in [0, 0.05) is 59.5 Å². The second-order valence-corrected chi connectivity index (χ2v) is 10.1. The van der Waals surface area contributed by atoms with Gasteiger partial charge in [0.2, 0.25) is 10.0 Å². The lowest BCUT2D eigenvalue weighted by Gasteiger charge is -2.29. The third-order valence-electron chi connectivity index (χ3n) is 5.88. The first-order valence-corrected chi connectivity index (χ1v) is 12.6. The van der Waals surface area contributed by atoms with Gasteiger partial charge in [0.25, 0.3) is 0 Å². The zero-order valence-corrected chi connectivity index (χ0v) is 18.5. The zero-order chi connectivity index (χ0) is 20.5. The molecule has 9 nitrogen and oxygen atoms in total. The first kappa shape index (κ1) is 22.7. The molecule has 3 heterocycles. The topological polar surface area (TPSA) is 95.5 Å². The molecule has 0 radical (unpaired) electrons. The number of guanidine groups is 1. The van der Waals surface area contributed by atoms with E-state index in [0.717, 1.165) is 84.2 Å². The van der Waals surface area contributed by atoms with Gasteiger partial charge in [-0.1, -0.05) is 0 Å². The average Bonchev–Trinajstić information content (AvgIpc) is 3.19. The van der Waals surface area contributed by atoms with Gasteiger partial charge in [-0.15, -0.1) is 0 Å². The monoisotopic (exact) mass is 431 g/mol. The number of morpholine rings is 1. The van der Waals surface area contributed by atoms with Crippen molar-refractivity contribution in [1.82, 2.24) is 19.8 Å². The van der Waals surface area contributed by atoms with Crippen molar-refractivity contribution >= 4 is 16.0 Å². The maximum atomic E-state index is 12.3. The smallest absolute Gasteiger partial charge is 0.213 e. The summed E-state index contributed by atoms with van der Waals surface area (Å²) >= 11 is 0. The molecule has 3 fully saturated rings. The molecular formula is C19H37N5O4S. The summed E-state index contributed by atoms with van der Waals surface area (Å²) in [5.74, 6) is 1.44. The number of nitrogens with one attached hydrogen (secondary N) is 2. The van der Waals surface area contributed by atoms with Crippen LogP contribution in [0, 0.1) is 5.92 Å². The fourth-order valence-corrected chi connectivity index (χ4v) is 5.17. The van der Waals surface area contributed by atoms with Crippen LogP contribution < -0.4 is 10.0 Å². The Morgan fingerprint density at radius 2 is 1.97 bits per heavy atom. The van der Waals surface area contributed by atoms with Crippen LogP contribution in [0.4, 0.5) is 0 Å². The highest BCUT2D eigenvalue weighted by atomic mass is 32.2. The molecule has 0 spiro atoms. The molecule has 0 aromatic heterocycles. The van der Waals surface area contributed by atoms with E-state index in [0.29, 0.717) is 19.0 Å². The summed E-state index contributed by atoms with van der Waals surface area (Å²) in [6, 6.07) is 0. The van der Waals surface area contributed by atoms with Gasteiger partial charge < -0.3 is 19.7 Å². The minimum Gasteiger partial charge on any atom is -0.379 e. The first-order valence-electron chi connectivity index (χ1n) is 10.9. The SMILES string of the molecule is CN=C(NCCS(=O)(=O)NCC1CCCCO1)N1CCC(CN2CCOCC2)C1. The van der Waals surface area contributed by atoms with Crippen molar-refractivity contribution in [3.8, 4) is 0 Å². The van der Waals surface area contributed by atoms with Crippen LogP contribution in [0.25, 0.3) is 0 Å². The molecule has 0 saturated carbocycles. The van der Waals surface area contributed by atoms with Crippen LogP contribution in [-0.4, -0.2) is 109 Å². The van der Waals surface area contributed by atoms with E-state index >= 15 is 0 Å². The molecule has 29 heavy (non-hydrogen) atoms. The number of hydrogen-bond acceptors (Lipinski definition) is 6. The van der Waals surface area contributed by atoms with E-state index < -0.39 is 10.0 Å². The van der Waals surface area contributed by atoms with Crippen LogP contribution in [0.3, 0.4) is 0 Å². The Hall–Kier alpha value is -0.940. The minimum absolute atomic E-state index is 0.00671. The molecular weight excluding hydrogens is 394 g/mol. The van der Waals surface area contributed by atoms with Gasteiger partial charge in [0.05, 0.1) is 25.1 Å². The van der Waals surface area contributed by atoms with Crippen molar-refractivity contribution in [2.24, 2.45) is 10.9 Å². The summed E-state index contributed by atoms with van der Waals surface area (Å²) in [5.41, 5.74) is 0. The molecule has 0 aromatic carbocycles. The zero-order valence-electron chi connectivity index (χ0n) is 17.6. The van der Waals surface area contributed by atoms with Crippen molar-refractivity contribution in [2.45, 2.75) is 31.8 Å². The number of likely N-dealkylation sites (tertiary alicyclic amines) is 1. The van der Waals surface area contributed by atoms with E-state index in [4.69, 9.17) is 9.47 Å². The number of hydrogen-bond donors (Lipinski definition) is 2. The molecule has 10 heteroatoms. The van der Waals surface area contributed by atoms with Crippen LogP contribution in [0.1, 0.15) is 25.7 Å². The summed E-state index contributed by atoms with van der Waals surface area (Å²) < 4.78 is 38.2. The third-order valence-corrected chi connectivity index (χ3v) is 7.22. The van der Waals surface area contributed by atoms with E-state index in [2.05, 4.69) is 24.8 Å². The second kappa shape index (κ2) is 11.5. The van der Waals surface area contributed by atoms with Crippen molar-refractivity contribution < 1.29 is 17.9 Å². The van der Waals surface area contributed by atoms with Gasteiger partial charge in [0.1, 0.15) is 0 Å². The van der Waals surface area contributed by atoms with Crippen molar-refractivity contribution in [2.75, 3.05) is 78.4 Å². The van der Waals surface area contributed by atoms with E-state index in [1.807, 2.05) is 0 Å². The number of nitrogens with zero attached hydrogens (tertiary/aromatic N) is 3. The highest BCUT2D eigenvalue weighted by molar-refractivity contribution is 7.89. The molecule has 0 bridgehead atoms. The summed E-state index contributed by atoms with van der Waals surface area (Å²) in [6.45, 7) is 8.14. The lowest BCUT2D eigenvalue weighted by atomic mass is 10.1. The standard InChI is InChI=1S/C19H37N5O4S/c1-20-19(24-7-5-17(16-24)15-23-8-11-27-12-9-23)21-6-13-29(25,26)22-14-18-4-2-3-10-28-18/h17-18,22H,2-16H2,1H3,(H,20,21). The fourth-order valence-electron chi connectivity index (χ4n) is 4.21. The summed E-state index contributed by atoms with van der Waals surface area (Å²) in [5, 5.41) is 3.22. The third kappa shape index (κ3) is 7.67. The van der Waals surface area contributed by atoms with Crippen LogP contribution in [-0.2, 0) is 19.5 Å². The lowest BCUT2D eigenvalue weighted by molar-refractivity contribution is 0.0200. The van der Waals surface area contributed by atoms with Gasteiger partial charge in [-0.2, -0.15) is 0 Å². The highest BCUT2D eigenvalue weighted by Gasteiger charge is 2.27. The van der Waals surface area contributed by atoms with E-state index in [1.54, 1.807) is 7.05 Å². The fraction of sp³-hybridized carbons (Fsp3) is 0.947. The Balaban J connectivity index is 1.35. The van der Waals surface area contributed by atoms with Crippen LogP contribution in [0.15, 0.2) is 4.99 Å². The maximum Gasteiger partial charge on any atom is 0.213 e. The van der Waals surface area contributed by atoms with Crippen molar-refractivity contribution in [3.63, 3.8) is 0 Å². The van der Waals surface area contributed by atoms with Crippen LogP contribution in [0.2, 0.25) is 0 Å². The second-order valence-electron chi connectivity index (χ2n) is 8.14. The number of aliphatic imine (C=N–C) groups is 1. The Kier molecular flexibility index (Phi) is 8.98. The minimum atomic E-state index is -3.32. The average molecular weight is 432 g/mol. The molecule has 2 N–H and O–H groups in total. The Labute approximate surface area is 175 Å². The molecule has 3 aliphatic heterocycles. The predicted molar refractivity (Wildman–Crippen MR) is 114 cm³/mol. The summed E-state index contributed by atoms with van der Waals surface area (Å²) in [7, 11) is -1.57. The van der Waals surface area contributed by atoms with Crippen molar-refractivity contribution in [1.29, 1.82) is 0 Å². The van der Waals surface area contributed by atoms with Gasteiger partial charge in [-0.05, 0) is 31.6 Å². The summed E-state index contributed by atoms with van der Waals surface area (Å²) in [4.78, 5) is 9.06. The largest absolute Gasteiger partial charge is 0.379 e. The molecule has 0 aromatic rings. The lowest BCUT2D eigenvalue weighted by Crippen LogP contribution is -2.44. The Morgan fingerprint density at radius 3 is 2.69 bits per heavy atom. The molecule has 3 aliphatic rings. The number of ether oxygens (including phenoxy) is 2. The normalized spacial score (nSPS) is 27.3. The van der Waals surface area contributed by atoms with E-state index in [1.165, 1.54) is 0 Å². The van der Waals surface area contributed by atoms with Gasteiger partial charge in [-0.25, -0.2) is 13.1 Å². The van der Waals surface area contributed by atoms with Crippen LogP contribution in [0.5, 0.6) is 0 Å². The molecule has 3 rings (SSSR count). The van der Waals surface area contributed by atoms with Crippen molar-refractivity contribution in [3.05, 3.63) is 0 Å². The Morgan fingerprint density at radius 1 is 1.14 bits per heavy atom. The molecule has 2 unspecified atom stereocenters. The maximum absolute atomic E-state index is 12.3.